The summed E-state index contributed by atoms with van der Waals surface area (Å²) in [6.45, 7) is 2.97. The molecule has 0 aliphatic rings. The molecule has 1 atom stereocenters. The van der Waals surface area contributed by atoms with Crippen LogP contribution < -0.4 is 5.32 Å². The minimum Gasteiger partial charge on any atom is -0.383 e. The third-order valence-corrected chi connectivity index (χ3v) is 3.54. The van der Waals surface area contributed by atoms with Crippen molar-refractivity contribution in [1.82, 2.24) is 5.32 Å². The summed E-state index contributed by atoms with van der Waals surface area (Å²) in [4.78, 5) is 2.91. The van der Waals surface area contributed by atoms with Crippen LogP contribution in [0, 0.1) is 0 Å². The Kier molecular flexibility index (Phi) is 5.15. The van der Waals surface area contributed by atoms with Gasteiger partial charge in [-0.3, -0.25) is 0 Å². The van der Waals surface area contributed by atoms with Crippen LogP contribution in [0.1, 0.15) is 16.7 Å². The summed E-state index contributed by atoms with van der Waals surface area (Å²) in [6.07, 6.45) is 2.20. The third kappa shape index (κ3) is 3.40. The van der Waals surface area contributed by atoms with Crippen LogP contribution in [0.15, 0.2) is 12.1 Å². The summed E-state index contributed by atoms with van der Waals surface area (Å²) in [5.41, 5.74) is 0. The van der Waals surface area contributed by atoms with Gasteiger partial charge < -0.3 is 10.1 Å². The molecule has 1 aromatic heterocycles. The number of rotatable bonds is 6. The Bertz CT molecular complexity index is 260. The van der Waals surface area contributed by atoms with E-state index in [1.807, 2.05) is 18.4 Å². The van der Waals surface area contributed by atoms with E-state index in [2.05, 4.69) is 24.4 Å². The Morgan fingerprint density at radius 2 is 2.14 bits per heavy atom. The molecule has 0 radical (unpaired) electrons. The molecule has 3 heteroatoms. The van der Waals surface area contributed by atoms with Crippen LogP contribution in [0.4, 0.5) is 0 Å². The fraction of sp³-hybridized carbons (Fsp3) is 0.636. The molecule has 0 aliphatic heterocycles. The van der Waals surface area contributed by atoms with Gasteiger partial charge in [0, 0.05) is 22.9 Å². The lowest BCUT2D eigenvalue weighted by atomic mass is 10.2. The Morgan fingerprint density at radius 1 is 1.43 bits per heavy atom. The molecular weight excluding hydrogens is 194 g/mol. The fourth-order valence-electron chi connectivity index (χ4n) is 1.41. The van der Waals surface area contributed by atoms with Gasteiger partial charge in [0.1, 0.15) is 0 Å². The molecule has 0 bridgehead atoms. The lowest BCUT2D eigenvalue weighted by molar-refractivity contribution is 0.169. The Hall–Kier alpha value is -0.380. The van der Waals surface area contributed by atoms with Crippen LogP contribution in [0.5, 0.6) is 0 Å². The summed E-state index contributed by atoms with van der Waals surface area (Å²) in [7, 11) is 3.73. The van der Waals surface area contributed by atoms with Gasteiger partial charge in [-0.1, -0.05) is 6.92 Å². The first-order chi connectivity index (χ1) is 6.80. The number of ether oxygens (including phenoxy) is 1. The lowest BCUT2D eigenvalue weighted by Crippen LogP contribution is -2.31. The maximum Gasteiger partial charge on any atom is 0.0619 e. The summed E-state index contributed by atoms with van der Waals surface area (Å²) >= 11 is 1.91. The zero-order chi connectivity index (χ0) is 10.4. The molecular formula is C11H19NOS. The molecule has 0 saturated heterocycles. The minimum absolute atomic E-state index is 0.434. The van der Waals surface area contributed by atoms with E-state index in [4.69, 9.17) is 4.74 Å². The Balaban J connectivity index is 2.48. The standard InChI is InChI=1S/C11H19NOS/c1-4-10-5-6-11(14-10)7-9(12-2)8-13-3/h5-6,9,12H,4,7-8H2,1-3H3. The molecule has 0 spiro atoms. The summed E-state index contributed by atoms with van der Waals surface area (Å²) in [6, 6.07) is 4.88. The van der Waals surface area contributed by atoms with Crippen LogP contribution in [-0.4, -0.2) is 26.8 Å². The average Bonchev–Trinajstić information content (AvgIpc) is 2.65. The van der Waals surface area contributed by atoms with E-state index in [1.165, 1.54) is 9.75 Å². The molecule has 0 amide bonds. The first-order valence-corrected chi connectivity index (χ1v) is 5.85. The van der Waals surface area contributed by atoms with Crippen molar-refractivity contribution in [2.75, 3.05) is 20.8 Å². The molecule has 0 fully saturated rings. The van der Waals surface area contributed by atoms with Crippen molar-refractivity contribution in [1.29, 1.82) is 0 Å². The van der Waals surface area contributed by atoms with Gasteiger partial charge >= 0.3 is 0 Å². The van der Waals surface area contributed by atoms with Gasteiger partial charge in [0.05, 0.1) is 6.61 Å². The molecule has 0 saturated carbocycles. The van der Waals surface area contributed by atoms with Crippen LogP contribution in [0.25, 0.3) is 0 Å². The first kappa shape index (κ1) is 11.7. The van der Waals surface area contributed by atoms with E-state index in [0.717, 1.165) is 19.4 Å². The predicted octanol–water partition coefficient (Wildman–Crippen LogP) is 2.09. The van der Waals surface area contributed by atoms with Crippen LogP contribution in [0.2, 0.25) is 0 Å². The van der Waals surface area contributed by atoms with E-state index < -0.39 is 0 Å². The van der Waals surface area contributed by atoms with Crippen LogP contribution >= 0.6 is 11.3 Å². The average molecular weight is 213 g/mol. The fourth-order valence-corrected chi connectivity index (χ4v) is 2.45. The maximum atomic E-state index is 5.14. The van der Waals surface area contributed by atoms with Gasteiger partial charge in [0.2, 0.25) is 0 Å². The van der Waals surface area contributed by atoms with Crippen molar-refractivity contribution in [2.24, 2.45) is 0 Å². The van der Waals surface area contributed by atoms with Crippen molar-refractivity contribution >= 4 is 11.3 Å². The largest absolute Gasteiger partial charge is 0.383 e. The van der Waals surface area contributed by atoms with Crippen molar-refractivity contribution in [3.63, 3.8) is 0 Å². The summed E-state index contributed by atoms with van der Waals surface area (Å²) in [5, 5.41) is 3.26. The highest BCUT2D eigenvalue weighted by molar-refractivity contribution is 7.11. The SMILES string of the molecule is CCc1ccc(CC(COC)NC)s1. The van der Waals surface area contributed by atoms with Crippen LogP contribution in [-0.2, 0) is 17.6 Å². The van der Waals surface area contributed by atoms with E-state index in [0.29, 0.717) is 6.04 Å². The zero-order valence-electron chi connectivity index (χ0n) is 9.17. The highest BCUT2D eigenvalue weighted by Gasteiger charge is 2.08. The Morgan fingerprint density at radius 3 is 2.64 bits per heavy atom. The van der Waals surface area contributed by atoms with Gasteiger partial charge in [0.15, 0.2) is 0 Å². The van der Waals surface area contributed by atoms with Gasteiger partial charge in [-0.25, -0.2) is 0 Å². The second kappa shape index (κ2) is 6.17. The molecule has 2 nitrogen and oxygen atoms in total. The molecule has 0 aliphatic carbocycles. The number of methoxy groups -OCH3 is 1. The third-order valence-electron chi connectivity index (χ3n) is 2.29. The molecule has 1 heterocycles. The Labute approximate surface area is 90.3 Å². The molecule has 1 N–H and O–H groups in total. The normalized spacial score (nSPS) is 13.1. The number of nitrogens with one attached hydrogen (secondary N) is 1. The number of hydrogen-bond donors (Lipinski definition) is 1. The number of aryl methyl sites for hydroxylation is 1. The number of hydrogen-bond acceptors (Lipinski definition) is 3. The topological polar surface area (TPSA) is 21.3 Å². The molecule has 1 aromatic rings. The van der Waals surface area contributed by atoms with Gasteiger partial charge in [-0.05, 0) is 32.0 Å². The highest BCUT2D eigenvalue weighted by atomic mass is 32.1. The predicted molar refractivity (Wildman–Crippen MR) is 62.1 cm³/mol. The smallest absolute Gasteiger partial charge is 0.0619 e. The van der Waals surface area contributed by atoms with E-state index in [-0.39, 0.29) is 0 Å². The molecule has 0 aromatic carbocycles. The highest BCUT2D eigenvalue weighted by Crippen LogP contribution is 2.18. The van der Waals surface area contributed by atoms with Gasteiger partial charge in [0.25, 0.3) is 0 Å². The monoisotopic (exact) mass is 213 g/mol. The minimum atomic E-state index is 0.434. The van der Waals surface area contributed by atoms with Gasteiger partial charge in [-0.15, -0.1) is 11.3 Å². The van der Waals surface area contributed by atoms with Gasteiger partial charge in [-0.2, -0.15) is 0 Å². The maximum absolute atomic E-state index is 5.14. The molecule has 14 heavy (non-hydrogen) atoms. The van der Waals surface area contributed by atoms with E-state index >= 15 is 0 Å². The molecule has 1 unspecified atom stereocenters. The summed E-state index contributed by atoms with van der Waals surface area (Å²) < 4.78 is 5.14. The van der Waals surface area contributed by atoms with Crippen LogP contribution in [0.3, 0.4) is 0 Å². The summed E-state index contributed by atoms with van der Waals surface area (Å²) in [5.74, 6) is 0. The zero-order valence-corrected chi connectivity index (χ0v) is 9.99. The molecule has 1 rings (SSSR count). The second-order valence-corrected chi connectivity index (χ2v) is 4.62. The quantitative estimate of drug-likeness (QED) is 0.781. The number of thiophene rings is 1. The lowest BCUT2D eigenvalue weighted by Gasteiger charge is -2.13. The van der Waals surface area contributed by atoms with E-state index in [1.54, 1.807) is 7.11 Å². The first-order valence-electron chi connectivity index (χ1n) is 5.04. The van der Waals surface area contributed by atoms with E-state index in [9.17, 15) is 0 Å². The van der Waals surface area contributed by atoms with Crippen molar-refractivity contribution in [2.45, 2.75) is 25.8 Å². The number of likely N-dealkylation sites (N-methyl/N-ethyl adjacent to an activating group) is 1. The van der Waals surface area contributed by atoms with Crippen molar-refractivity contribution in [3.05, 3.63) is 21.9 Å². The van der Waals surface area contributed by atoms with Crippen molar-refractivity contribution in [3.8, 4) is 0 Å². The van der Waals surface area contributed by atoms with Crippen molar-refractivity contribution < 1.29 is 4.74 Å². The second-order valence-electron chi connectivity index (χ2n) is 3.37. The molecule has 80 valence electrons.